The summed E-state index contributed by atoms with van der Waals surface area (Å²) in [7, 11) is 0. The molecule has 0 aromatic rings. The third-order valence-corrected chi connectivity index (χ3v) is 2.79. The van der Waals surface area contributed by atoms with Crippen LogP contribution in [0.2, 0.25) is 0 Å². The molecular formula is C16H28N2O. The maximum atomic E-state index is 11.8. The molecule has 1 heterocycles. The van der Waals surface area contributed by atoms with Crippen molar-refractivity contribution in [2.45, 2.75) is 60.3 Å². The Morgan fingerprint density at radius 3 is 2.58 bits per heavy atom. The van der Waals surface area contributed by atoms with Crippen LogP contribution >= 0.6 is 0 Å². The van der Waals surface area contributed by atoms with Crippen molar-refractivity contribution in [3.8, 4) is 0 Å². The minimum atomic E-state index is -0.0368. The fourth-order valence-corrected chi connectivity index (χ4v) is 1.93. The first-order valence-electron chi connectivity index (χ1n) is 7.54. The Hall–Kier alpha value is -1.38. The van der Waals surface area contributed by atoms with E-state index in [0.717, 1.165) is 37.2 Å². The summed E-state index contributed by atoms with van der Waals surface area (Å²) in [6.45, 7) is 10.0. The first-order valence-corrected chi connectivity index (χ1v) is 7.54. The van der Waals surface area contributed by atoms with Gasteiger partial charge in [-0.25, -0.2) is 4.99 Å². The summed E-state index contributed by atoms with van der Waals surface area (Å²) in [4.78, 5) is 16.3. The second-order valence-electron chi connectivity index (χ2n) is 3.87. The van der Waals surface area contributed by atoms with E-state index in [1.807, 2.05) is 34.6 Å². The molecule has 2 aliphatic rings. The molecule has 0 saturated carbocycles. The average molecular weight is 264 g/mol. The Morgan fingerprint density at radius 2 is 1.95 bits per heavy atom. The lowest BCUT2D eigenvalue weighted by Crippen LogP contribution is -2.40. The van der Waals surface area contributed by atoms with Crippen LogP contribution in [-0.4, -0.2) is 11.7 Å². The number of nitrogens with one attached hydrogen (secondary N) is 1. The Kier molecular flexibility index (Phi) is 9.77. The number of hydrogen-bond donors (Lipinski definition) is 1. The highest BCUT2D eigenvalue weighted by molar-refractivity contribution is 6.02. The zero-order chi connectivity index (χ0) is 14.7. The van der Waals surface area contributed by atoms with Crippen molar-refractivity contribution in [1.29, 1.82) is 0 Å². The van der Waals surface area contributed by atoms with Gasteiger partial charge in [0.25, 0.3) is 0 Å². The Morgan fingerprint density at radius 1 is 1.26 bits per heavy atom. The van der Waals surface area contributed by atoms with Gasteiger partial charge in [0.2, 0.25) is 5.91 Å². The smallest absolute Gasteiger partial charge is 0.234 e. The van der Waals surface area contributed by atoms with Gasteiger partial charge in [0.1, 0.15) is 5.84 Å². The summed E-state index contributed by atoms with van der Waals surface area (Å²) < 4.78 is 0. The average Bonchev–Trinajstić information content (AvgIpc) is 2.44. The van der Waals surface area contributed by atoms with E-state index < -0.39 is 0 Å². The number of fused-ring (bicyclic) bond motifs is 1. The van der Waals surface area contributed by atoms with E-state index in [0.29, 0.717) is 0 Å². The molecular weight excluding hydrogens is 236 g/mol. The lowest BCUT2D eigenvalue weighted by Gasteiger charge is -2.23. The van der Waals surface area contributed by atoms with Crippen molar-refractivity contribution in [3.05, 3.63) is 23.9 Å². The van der Waals surface area contributed by atoms with Crippen molar-refractivity contribution in [2.75, 3.05) is 0 Å². The molecule has 0 radical (unpaired) electrons. The zero-order valence-electron chi connectivity index (χ0n) is 13.0. The van der Waals surface area contributed by atoms with Crippen molar-refractivity contribution in [1.82, 2.24) is 5.32 Å². The standard InChI is InChI=1S/C12H16N2O.2C2H6/c1-2-11-13-10-8-6-4-3-5-7-9(10)12(15)14-11;2*1-2/h3-4,8-9H,2,5-7H2,1H3,(H,13,14,15);2*1-2H3/b4-3-,10-8?;;. The second kappa shape index (κ2) is 10.5. The van der Waals surface area contributed by atoms with E-state index in [9.17, 15) is 4.79 Å². The predicted octanol–water partition coefficient (Wildman–Crippen LogP) is 4.22. The Bertz CT molecular complexity index is 354. The molecule has 19 heavy (non-hydrogen) atoms. The van der Waals surface area contributed by atoms with Gasteiger partial charge in [-0.3, -0.25) is 4.79 Å². The van der Waals surface area contributed by atoms with Crippen LogP contribution in [0.1, 0.15) is 60.3 Å². The number of nitrogens with zero attached hydrogens (tertiary/aromatic N) is 1. The van der Waals surface area contributed by atoms with Gasteiger partial charge in [0.05, 0.1) is 11.6 Å². The van der Waals surface area contributed by atoms with Crippen LogP contribution in [0.4, 0.5) is 0 Å². The summed E-state index contributed by atoms with van der Waals surface area (Å²) in [6.07, 6.45) is 9.84. The molecule has 0 spiro atoms. The lowest BCUT2D eigenvalue weighted by molar-refractivity contribution is -0.122. The maximum absolute atomic E-state index is 11.8. The van der Waals surface area contributed by atoms with Gasteiger partial charge < -0.3 is 5.32 Å². The molecule has 1 N–H and O–H groups in total. The van der Waals surface area contributed by atoms with Crippen LogP contribution in [0, 0.1) is 5.92 Å². The molecule has 2 rings (SSSR count). The van der Waals surface area contributed by atoms with Crippen LogP contribution in [0.25, 0.3) is 0 Å². The molecule has 1 amide bonds. The van der Waals surface area contributed by atoms with Crippen LogP contribution in [0.5, 0.6) is 0 Å². The number of carbonyl (C=O) groups is 1. The van der Waals surface area contributed by atoms with E-state index in [-0.39, 0.29) is 11.8 Å². The summed E-state index contributed by atoms with van der Waals surface area (Å²) in [5.74, 6) is 0.876. The quantitative estimate of drug-likeness (QED) is 0.708. The molecule has 1 unspecified atom stereocenters. The molecule has 1 aliphatic carbocycles. The third kappa shape index (κ3) is 5.41. The lowest BCUT2D eigenvalue weighted by atomic mass is 9.94. The van der Waals surface area contributed by atoms with Gasteiger partial charge in [0.15, 0.2) is 0 Å². The molecule has 3 nitrogen and oxygen atoms in total. The minimum Gasteiger partial charge on any atom is -0.314 e. The van der Waals surface area contributed by atoms with Gasteiger partial charge in [0, 0.05) is 6.42 Å². The van der Waals surface area contributed by atoms with Gasteiger partial charge in [-0.2, -0.15) is 0 Å². The number of allylic oxidation sites excluding steroid dienone is 3. The highest BCUT2D eigenvalue weighted by atomic mass is 16.2. The summed E-state index contributed by atoms with van der Waals surface area (Å²) >= 11 is 0. The normalized spacial score (nSPS) is 22.6. The van der Waals surface area contributed by atoms with E-state index in [2.05, 4.69) is 28.5 Å². The molecule has 0 bridgehead atoms. The maximum Gasteiger partial charge on any atom is 0.234 e. The molecule has 0 aromatic carbocycles. The molecule has 3 heteroatoms. The fourth-order valence-electron chi connectivity index (χ4n) is 1.93. The summed E-state index contributed by atoms with van der Waals surface area (Å²) in [6, 6.07) is 0. The minimum absolute atomic E-state index is 0.0368. The van der Waals surface area contributed by atoms with Crippen molar-refractivity contribution in [2.24, 2.45) is 10.9 Å². The fraction of sp³-hybridized carbons (Fsp3) is 0.625. The van der Waals surface area contributed by atoms with E-state index in [4.69, 9.17) is 0 Å². The summed E-state index contributed by atoms with van der Waals surface area (Å²) in [5.41, 5.74) is 0.958. The number of amides is 1. The van der Waals surface area contributed by atoms with Crippen LogP contribution in [0.3, 0.4) is 0 Å². The van der Waals surface area contributed by atoms with Gasteiger partial charge in [-0.05, 0) is 19.3 Å². The van der Waals surface area contributed by atoms with Gasteiger partial charge in [-0.1, -0.05) is 52.8 Å². The number of amidine groups is 1. The van der Waals surface area contributed by atoms with Crippen molar-refractivity contribution < 1.29 is 4.79 Å². The van der Waals surface area contributed by atoms with E-state index >= 15 is 0 Å². The zero-order valence-corrected chi connectivity index (χ0v) is 13.0. The number of carbonyl (C=O) groups excluding carboxylic acids is 1. The van der Waals surface area contributed by atoms with Crippen molar-refractivity contribution >= 4 is 11.7 Å². The molecule has 1 aliphatic heterocycles. The molecule has 1 atom stereocenters. The van der Waals surface area contributed by atoms with Crippen LogP contribution < -0.4 is 5.32 Å². The van der Waals surface area contributed by atoms with Crippen LogP contribution in [0.15, 0.2) is 28.9 Å². The molecule has 0 fully saturated rings. The highest BCUT2D eigenvalue weighted by Gasteiger charge is 2.27. The number of aliphatic imine (C=N–C) groups is 1. The molecule has 108 valence electrons. The van der Waals surface area contributed by atoms with Crippen molar-refractivity contribution in [3.63, 3.8) is 0 Å². The SMILES string of the molecule is CC.CC.CCC1=NC2=CC/C=C\CCC2C(=O)N1. The first-order chi connectivity index (χ1) is 9.31. The largest absolute Gasteiger partial charge is 0.314 e. The third-order valence-electron chi connectivity index (χ3n) is 2.79. The van der Waals surface area contributed by atoms with Crippen LogP contribution in [-0.2, 0) is 4.79 Å². The first kappa shape index (κ1) is 17.6. The molecule has 0 aromatic heterocycles. The highest BCUT2D eigenvalue weighted by Crippen LogP contribution is 2.24. The van der Waals surface area contributed by atoms with E-state index in [1.165, 1.54) is 0 Å². The Labute approximate surface area is 117 Å². The van der Waals surface area contributed by atoms with Gasteiger partial charge >= 0.3 is 0 Å². The second-order valence-corrected chi connectivity index (χ2v) is 3.87. The Balaban J connectivity index is 0.000000741. The summed E-state index contributed by atoms with van der Waals surface area (Å²) in [5, 5.41) is 2.86. The van der Waals surface area contributed by atoms with E-state index in [1.54, 1.807) is 0 Å². The molecule has 0 saturated heterocycles. The number of hydrogen-bond acceptors (Lipinski definition) is 2. The number of rotatable bonds is 1. The predicted molar refractivity (Wildman–Crippen MR) is 83.1 cm³/mol. The van der Waals surface area contributed by atoms with Gasteiger partial charge in [-0.15, -0.1) is 0 Å². The topological polar surface area (TPSA) is 41.5 Å². The monoisotopic (exact) mass is 264 g/mol.